The highest BCUT2D eigenvalue weighted by Crippen LogP contribution is 2.37. The molecule has 0 aliphatic heterocycles. The molecular weight excluding hydrogens is 198 g/mol. The summed E-state index contributed by atoms with van der Waals surface area (Å²) in [5.74, 6) is 0.783. The molecule has 1 aliphatic rings. The minimum atomic E-state index is 0.578. The Kier molecular flexibility index (Phi) is 3.22. The van der Waals surface area contributed by atoms with Gasteiger partial charge in [-0.25, -0.2) is 0 Å². The lowest BCUT2D eigenvalue weighted by Crippen LogP contribution is -2.24. The molecule has 2 unspecified atom stereocenters. The molecule has 2 rings (SSSR count). The lowest BCUT2D eigenvalue weighted by molar-refractivity contribution is 0.214. The largest absolute Gasteiger partial charge is 0.396 e. The van der Waals surface area contributed by atoms with Gasteiger partial charge in [0.15, 0.2) is 0 Å². The maximum Gasteiger partial charge on any atom is 0.0826 e. The Bertz CT molecular complexity index is 367. The molecule has 0 saturated heterocycles. The highest BCUT2D eigenvalue weighted by atomic mass is 15.3. The average molecular weight is 221 g/mol. The summed E-state index contributed by atoms with van der Waals surface area (Å²) < 4.78 is 2.19. The molecule has 1 heterocycles. The van der Waals surface area contributed by atoms with E-state index in [1.807, 2.05) is 6.92 Å². The first-order valence-corrected chi connectivity index (χ1v) is 6.46. The highest BCUT2D eigenvalue weighted by molar-refractivity contribution is 5.47. The van der Waals surface area contributed by atoms with Gasteiger partial charge in [0.05, 0.1) is 23.1 Å². The minimum absolute atomic E-state index is 0.578. The van der Waals surface area contributed by atoms with Gasteiger partial charge in [0.2, 0.25) is 0 Å². The summed E-state index contributed by atoms with van der Waals surface area (Å²) in [5, 5.41) is 4.62. The van der Waals surface area contributed by atoms with Crippen LogP contribution in [0.5, 0.6) is 0 Å². The van der Waals surface area contributed by atoms with Gasteiger partial charge in [-0.3, -0.25) is 4.68 Å². The quantitative estimate of drug-likeness (QED) is 0.833. The van der Waals surface area contributed by atoms with E-state index in [1.165, 1.54) is 32.1 Å². The summed E-state index contributed by atoms with van der Waals surface area (Å²) in [6.45, 7) is 6.39. The van der Waals surface area contributed by atoms with Crippen molar-refractivity contribution < 1.29 is 0 Å². The number of nitrogens with zero attached hydrogens (tertiary/aromatic N) is 2. The molecule has 1 aromatic heterocycles. The van der Waals surface area contributed by atoms with Crippen LogP contribution in [0.25, 0.3) is 0 Å². The maximum absolute atomic E-state index is 6.01. The Morgan fingerprint density at radius 2 is 2.00 bits per heavy atom. The highest BCUT2D eigenvalue weighted by Gasteiger charge is 2.27. The van der Waals surface area contributed by atoms with Gasteiger partial charge >= 0.3 is 0 Å². The molecule has 0 aromatic carbocycles. The molecule has 3 heteroatoms. The van der Waals surface area contributed by atoms with Crippen LogP contribution in [0.4, 0.5) is 5.69 Å². The Morgan fingerprint density at radius 3 is 2.56 bits per heavy atom. The summed E-state index contributed by atoms with van der Waals surface area (Å²) in [4.78, 5) is 0. The normalized spacial score (nSPS) is 25.9. The number of aromatic nitrogens is 2. The molecule has 1 saturated carbocycles. The zero-order valence-electron chi connectivity index (χ0n) is 10.7. The molecular formula is C13H23N3. The van der Waals surface area contributed by atoms with E-state index in [1.54, 1.807) is 0 Å². The van der Waals surface area contributed by atoms with Crippen molar-refractivity contribution in [3.8, 4) is 0 Å². The number of anilines is 1. The first-order valence-electron chi connectivity index (χ1n) is 6.46. The van der Waals surface area contributed by atoms with Gasteiger partial charge < -0.3 is 5.73 Å². The molecule has 90 valence electrons. The molecule has 16 heavy (non-hydrogen) atoms. The number of aryl methyl sites for hydroxylation is 1. The Labute approximate surface area is 98.0 Å². The van der Waals surface area contributed by atoms with Crippen molar-refractivity contribution in [3.63, 3.8) is 0 Å². The summed E-state index contributed by atoms with van der Waals surface area (Å²) in [7, 11) is 0. The molecule has 1 fully saturated rings. The van der Waals surface area contributed by atoms with Crippen LogP contribution in [0.2, 0.25) is 0 Å². The number of nitrogens with two attached hydrogens (primary N) is 1. The van der Waals surface area contributed by atoms with Crippen LogP contribution in [0.3, 0.4) is 0 Å². The number of hydrogen-bond acceptors (Lipinski definition) is 2. The number of hydrogen-bond donors (Lipinski definition) is 1. The van der Waals surface area contributed by atoms with Crippen molar-refractivity contribution in [1.82, 2.24) is 9.78 Å². The Balaban J connectivity index is 2.30. The molecule has 0 spiro atoms. The Hall–Kier alpha value is -0.990. The zero-order valence-corrected chi connectivity index (χ0v) is 10.7. The second-order valence-electron chi connectivity index (χ2n) is 5.05. The topological polar surface area (TPSA) is 43.8 Å². The molecule has 3 nitrogen and oxygen atoms in total. The lowest BCUT2D eigenvalue weighted by Gasteiger charge is -2.31. The fourth-order valence-corrected chi connectivity index (χ4v) is 2.98. The molecule has 0 bridgehead atoms. The van der Waals surface area contributed by atoms with Crippen LogP contribution >= 0.6 is 0 Å². The first-order chi connectivity index (χ1) is 7.65. The lowest BCUT2D eigenvalue weighted by atomic mass is 9.83. The van der Waals surface area contributed by atoms with Crippen molar-refractivity contribution in [1.29, 1.82) is 0 Å². The van der Waals surface area contributed by atoms with Crippen molar-refractivity contribution in [3.05, 3.63) is 11.4 Å². The fourth-order valence-electron chi connectivity index (χ4n) is 2.98. The monoisotopic (exact) mass is 221 g/mol. The third kappa shape index (κ3) is 1.83. The van der Waals surface area contributed by atoms with Crippen LogP contribution in [0.1, 0.15) is 56.5 Å². The fraction of sp³-hybridized carbons (Fsp3) is 0.769. The van der Waals surface area contributed by atoms with Gasteiger partial charge in [-0.1, -0.05) is 26.2 Å². The van der Waals surface area contributed by atoms with Crippen LogP contribution in [0, 0.1) is 19.8 Å². The van der Waals surface area contributed by atoms with Crippen LogP contribution < -0.4 is 5.73 Å². The molecule has 2 N–H and O–H groups in total. The molecule has 1 aliphatic carbocycles. The summed E-state index contributed by atoms with van der Waals surface area (Å²) >= 11 is 0. The first kappa shape index (κ1) is 11.5. The molecule has 1 aromatic rings. The van der Waals surface area contributed by atoms with E-state index in [4.69, 9.17) is 5.73 Å². The van der Waals surface area contributed by atoms with Crippen LogP contribution in [-0.2, 0) is 0 Å². The van der Waals surface area contributed by atoms with Gasteiger partial charge in [0.25, 0.3) is 0 Å². The second kappa shape index (κ2) is 4.48. The predicted molar refractivity (Wildman–Crippen MR) is 67.4 cm³/mol. The van der Waals surface area contributed by atoms with E-state index >= 15 is 0 Å². The van der Waals surface area contributed by atoms with Gasteiger partial charge in [0.1, 0.15) is 0 Å². The van der Waals surface area contributed by atoms with E-state index in [-0.39, 0.29) is 0 Å². The van der Waals surface area contributed by atoms with E-state index in [0.717, 1.165) is 23.0 Å². The Morgan fingerprint density at radius 1 is 1.31 bits per heavy atom. The smallest absolute Gasteiger partial charge is 0.0826 e. The van der Waals surface area contributed by atoms with E-state index in [9.17, 15) is 0 Å². The zero-order chi connectivity index (χ0) is 11.7. The van der Waals surface area contributed by atoms with Gasteiger partial charge in [-0.2, -0.15) is 5.10 Å². The van der Waals surface area contributed by atoms with E-state index < -0.39 is 0 Å². The molecule has 0 radical (unpaired) electrons. The second-order valence-corrected chi connectivity index (χ2v) is 5.05. The van der Waals surface area contributed by atoms with Gasteiger partial charge in [-0.15, -0.1) is 0 Å². The van der Waals surface area contributed by atoms with Crippen molar-refractivity contribution in [2.24, 2.45) is 5.92 Å². The SMILES string of the molecule is CCC1CCCCC1n1nc(C)c(N)c1C. The summed E-state index contributed by atoms with van der Waals surface area (Å²) in [6.07, 6.45) is 6.57. The predicted octanol–water partition coefficient (Wildman–Crippen LogP) is 3.22. The van der Waals surface area contributed by atoms with Crippen molar-refractivity contribution in [2.75, 3.05) is 5.73 Å². The summed E-state index contributed by atoms with van der Waals surface area (Å²) in [6, 6.07) is 0.578. The van der Waals surface area contributed by atoms with Crippen molar-refractivity contribution in [2.45, 2.75) is 58.9 Å². The van der Waals surface area contributed by atoms with Crippen LogP contribution in [-0.4, -0.2) is 9.78 Å². The molecule has 2 atom stereocenters. The number of nitrogen functional groups attached to an aromatic ring is 1. The molecule has 0 amide bonds. The standard InChI is InChI=1S/C13H23N3/c1-4-11-7-5-6-8-12(11)16-10(3)13(14)9(2)15-16/h11-12H,4-8,14H2,1-3H3. The third-order valence-corrected chi connectivity index (χ3v) is 4.09. The van der Waals surface area contributed by atoms with E-state index in [0.29, 0.717) is 6.04 Å². The summed E-state index contributed by atoms with van der Waals surface area (Å²) in [5.41, 5.74) is 9.03. The van der Waals surface area contributed by atoms with E-state index in [2.05, 4.69) is 23.6 Å². The average Bonchev–Trinajstić information content (AvgIpc) is 2.57. The third-order valence-electron chi connectivity index (χ3n) is 4.09. The number of rotatable bonds is 2. The van der Waals surface area contributed by atoms with Crippen LogP contribution in [0.15, 0.2) is 0 Å². The van der Waals surface area contributed by atoms with Gasteiger partial charge in [-0.05, 0) is 32.6 Å². The minimum Gasteiger partial charge on any atom is -0.396 e. The maximum atomic E-state index is 6.01. The van der Waals surface area contributed by atoms with Crippen molar-refractivity contribution >= 4 is 5.69 Å². The van der Waals surface area contributed by atoms with Gasteiger partial charge in [0, 0.05) is 0 Å².